The Hall–Kier alpha value is -0.770. The van der Waals surface area contributed by atoms with Crippen molar-refractivity contribution < 1.29 is 9.53 Å². The number of nitrogens with two attached hydrogens (primary N) is 1. The number of amides is 1. The number of carbonyl (C=O) groups excluding carboxylic acids is 1. The molecule has 96 valence electrons. The molecule has 0 heterocycles. The normalized spacial score (nSPS) is 13.0. The molecule has 16 heavy (non-hydrogen) atoms. The number of carbonyl (C=O) groups is 1. The van der Waals surface area contributed by atoms with Crippen LogP contribution in [0.15, 0.2) is 0 Å². The van der Waals surface area contributed by atoms with Crippen LogP contribution in [0, 0.1) is 11.8 Å². The zero-order chi connectivity index (χ0) is 12.7. The van der Waals surface area contributed by atoms with Crippen molar-refractivity contribution in [3.63, 3.8) is 0 Å². The van der Waals surface area contributed by atoms with Crippen LogP contribution in [0.4, 0.5) is 4.79 Å². The molecule has 0 saturated heterocycles. The molecule has 0 rings (SSSR count). The number of hydrogen-bond donors (Lipinski definition) is 1. The minimum absolute atomic E-state index is 0.139. The molecule has 0 aromatic heterocycles. The fraction of sp³-hybridized carbons (Fsp3) is 0.917. The maximum atomic E-state index is 11.5. The highest BCUT2D eigenvalue weighted by atomic mass is 16.6. The molecule has 4 heteroatoms. The molecule has 0 fully saturated rings. The quantitative estimate of drug-likeness (QED) is 0.760. The SMILES string of the molecule is CC(C)COC(=O)N(C)CCC(N)C(C)C. The van der Waals surface area contributed by atoms with Gasteiger partial charge < -0.3 is 15.4 Å². The molecule has 1 unspecified atom stereocenters. The Kier molecular flexibility index (Phi) is 7.13. The maximum absolute atomic E-state index is 11.5. The van der Waals surface area contributed by atoms with Crippen molar-refractivity contribution in [1.29, 1.82) is 0 Å². The van der Waals surface area contributed by atoms with Gasteiger partial charge in [-0.15, -0.1) is 0 Å². The van der Waals surface area contributed by atoms with E-state index in [1.54, 1.807) is 11.9 Å². The lowest BCUT2D eigenvalue weighted by Gasteiger charge is -2.21. The summed E-state index contributed by atoms with van der Waals surface area (Å²) < 4.78 is 5.10. The van der Waals surface area contributed by atoms with E-state index in [1.165, 1.54) is 0 Å². The van der Waals surface area contributed by atoms with Crippen molar-refractivity contribution in [1.82, 2.24) is 4.90 Å². The highest BCUT2D eigenvalue weighted by Gasteiger charge is 2.13. The Balaban J connectivity index is 3.79. The Morgan fingerprint density at radius 3 is 2.31 bits per heavy atom. The molecule has 0 aliphatic rings. The van der Waals surface area contributed by atoms with E-state index in [9.17, 15) is 4.79 Å². The summed E-state index contributed by atoms with van der Waals surface area (Å²) in [7, 11) is 1.75. The monoisotopic (exact) mass is 230 g/mol. The van der Waals surface area contributed by atoms with E-state index in [4.69, 9.17) is 10.5 Å². The molecule has 0 aliphatic heterocycles. The molecule has 1 amide bonds. The van der Waals surface area contributed by atoms with E-state index in [-0.39, 0.29) is 12.1 Å². The summed E-state index contributed by atoms with van der Waals surface area (Å²) in [6.45, 7) is 9.32. The average Bonchev–Trinajstić information content (AvgIpc) is 2.21. The van der Waals surface area contributed by atoms with Crippen molar-refractivity contribution in [3.05, 3.63) is 0 Å². The number of ether oxygens (including phenoxy) is 1. The van der Waals surface area contributed by atoms with Gasteiger partial charge in [0.1, 0.15) is 0 Å². The molecular formula is C12H26N2O2. The van der Waals surface area contributed by atoms with Crippen molar-refractivity contribution in [3.8, 4) is 0 Å². The summed E-state index contributed by atoms with van der Waals surface area (Å²) in [6.07, 6.45) is 0.551. The van der Waals surface area contributed by atoms with Gasteiger partial charge in [0.25, 0.3) is 0 Å². The molecule has 0 spiro atoms. The van der Waals surface area contributed by atoms with Gasteiger partial charge in [-0.3, -0.25) is 0 Å². The van der Waals surface area contributed by atoms with Gasteiger partial charge in [0, 0.05) is 19.6 Å². The Labute approximate surface area is 99.1 Å². The first-order valence-electron chi connectivity index (χ1n) is 5.98. The molecule has 0 aromatic carbocycles. The molecule has 1 atom stereocenters. The Bertz CT molecular complexity index is 205. The third-order valence-corrected chi connectivity index (χ3v) is 2.51. The zero-order valence-corrected chi connectivity index (χ0v) is 11.2. The van der Waals surface area contributed by atoms with Crippen LogP contribution in [0.3, 0.4) is 0 Å². The lowest BCUT2D eigenvalue weighted by molar-refractivity contribution is 0.0986. The molecule has 0 radical (unpaired) electrons. The van der Waals surface area contributed by atoms with E-state index in [0.717, 1.165) is 6.42 Å². The summed E-state index contributed by atoms with van der Waals surface area (Å²) >= 11 is 0. The summed E-state index contributed by atoms with van der Waals surface area (Å²) in [4.78, 5) is 13.1. The topological polar surface area (TPSA) is 55.6 Å². The summed E-state index contributed by atoms with van der Waals surface area (Å²) in [5, 5.41) is 0. The van der Waals surface area contributed by atoms with E-state index >= 15 is 0 Å². The Morgan fingerprint density at radius 1 is 1.31 bits per heavy atom. The summed E-state index contributed by atoms with van der Waals surface area (Å²) in [5.41, 5.74) is 5.91. The van der Waals surface area contributed by atoms with Crippen molar-refractivity contribution >= 4 is 6.09 Å². The molecule has 2 N–H and O–H groups in total. The minimum Gasteiger partial charge on any atom is -0.449 e. The van der Waals surface area contributed by atoms with Gasteiger partial charge in [0.15, 0.2) is 0 Å². The first-order chi connectivity index (χ1) is 7.34. The second-order valence-electron chi connectivity index (χ2n) is 5.09. The second kappa shape index (κ2) is 7.49. The molecule has 0 aromatic rings. The van der Waals surface area contributed by atoms with E-state index in [1.807, 2.05) is 13.8 Å². The first kappa shape index (κ1) is 15.2. The van der Waals surface area contributed by atoms with Gasteiger partial charge >= 0.3 is 6.09 Å². The minimum atomic E-state index is -0.260. The third-order valence-electron chi connectivity index (χ3n) is 2.51. The fourth-order valence-corrected chi connectivity index (χ4v) is 1.12. The number of nitrogens with zero attached hydrogens (tertiary/aromatic N) is 1. The fourth-order valence-electron chi connectivity index (χ4n) is 1.12. The molecule has 0 saturated carbocycles. The van der Waals surface area contributed by atoms with Crippen LogP contribution in [-0.2, 0) is 4.74 Å². The van der Waals surface area contributed by atoms with E-state index < -0.39 is 0 Å². The first-order valence-corrected chi connectivity index (χ1v) is 5.98. The van der Waals surface area contributed by atoms with Crippen LogP contribution in [0.1, 0.15) is 34.1 Å². The lowest BCUT2D eigenvalue weighted by atomic mass is 10.0. The van der Waals surface area contributed by atoms with Crippen LogP contribution < -0.4 is 5.73 Å². The predicted molar refractivity (Wildman–Crippen MR) is 66.2 cm³/mol. The summed E-state index contributed by atoms with van der Waals surface area (Å²) in [5.74, 6) is 0.815. The van der Waals surface area contributed by atoms with Crippen LogP contribution >= 0.6 is 0 Å². The molecular weight excluding hydrogens is 204 g/mol. The predicted octanol–water partition coefficient (Wildman–Crippen LogP) is 2.08. The van der Waals surface area contributed by atoms with Gasteiger partial charge in [-0.2, -0.15) is 0 Å². The number of rotatable bonds is 6. The van der Waals surface area contributed by atoms with Gasteiger partial charge in [0.2, 0.25) is 0 Å². The van der Waals surface area contributed by atoms with Crippen molar-refractivity contribution in [2.75, 3.05) is 20.2 Å². The van der Waals surface area contributed by atoms with Gasteiger partial charge in [-0.05, 0) is 18.3 Å². The lowest BCUT2D eigenvalue weighted by Crippen LogP contribution is -2.35. The zero-order valence-electron chi connectivity index (χ0n) is 11.2. The maximum Gasteiger partial charge on any atom is 0.409 e. The largest absolute Gasteiger partial charge is 0.449 e. The van der Waals surface area contributed by atoms with Crippen LogP contribution in [0.2, 0.25) is 0 Å². The van der Waals surface area contributed by atoms with Crippen LogP contribution in [0.5, 0.6) is 0 Å². The molecule has 4 nitrogen and oxygen atoms in total. The highest BCUT2D eigenvalue weighted by Crippen LogP contribution is 2.04. The van der Waals surface area contributed by atoms with Crippen molar-refractivity contribution in [2.24, 2.45) is 17.6 Å². The Morgan fingerprint density at radius 2 is 1.88 bits per heavy atom. The smallest absolute Gasteiger partial charge is 0.409 e. The van der Waals surface area contributed by atoms with Crippen molar-refractivity contribution in [2.45, 2.75) is 40.2 Å². The molecule has 0 aliphatic carbocycles. The van der Waals surface area contributed by atoms with E-state index in [0.29, 0.717) is 25.0 Å². The van der Waals surface area contributed by atoms with E-state index in [2.05, 4.69) is 13.8 Å². The summed E-state index contributed by atoms with van der Waals surface area (Å²) in [6, 6.07) is 0.139. The second-order valence-corrected chi connectivity index (χ2v) is 5.09. The van der Waals surface area contributed by atoms with Gasteiger partial charge in [-0.1, -0.05) is 27.7 Å². The highest BCUT2D eigenvalue weighted by molar-refractivity contribution is 5.67. The number of hydrogen-bond acceptors (Lipinski definition) is 3. The average molecular weight is 230 g/mol. The van der Waals surface area contributed by atoms with Gasteiger partial charge in [-0.25, -0.2) is 4.79 Å². The molecule has 0 bridgehead atoms. The van der Waals surface area contributed by atoms with Crippen LogP contribution in [-0.4, -0.2) is 37.2 Å². The standard InChI is InChI=1S/C12H26N2O2/c1-9(2)8-16-12(15)14(5)7-6-11(13)10(3)4/h9-11H,6-8,13H2,1-5H3. The van der Waals surface area contributed by atoms with Crippen LogP contribution in [0.25, 0.3) is 0 Å². The van der Waals surface area contributed by atoms with Gasteiger partial charge in [0.05, 0.1) is 6.61 Å². The third kappa shape index (κ3) is 6.67.